The molecular formula is C8H7BrClF2NO. The van der Waals surface area contributed by atoms with Gasteiger partial charge in [-0.15, -0.1) is 0 Å². The molecule has 0 saturated carbocycles. The predicted octanol–water partition coefficient (Wildman–Crippen LogP) is 3.06. The molecule has 14 heavy (non-hydrogen) atoms. The zero-order chi connectivity index (χ0) is 10.7. The Morgan fingerprint density at radius 2 is 2.21 bits per heavy atom. The Kier molecular flexibility index (Phi) is 4.22. The minimum Gasteiger partial charge on any atom is -0.390 e. The van der Waals surface area contributed by atoms with E-state index in [1.54, 1.807) is 0 Å². The molecule has 0 radical (unpaired) electrons. The summed E-state index contributed by atoms with van der Waals surface area (Å²) >= 11 is 8.79. The highest BCUT2D eigenvalue weighted by atomic mass is 79.9. The quantitative estimate of drug-likeness (QED) is 0.866. The van der Waals surface area contributed by atoms with Gasteiger partial charge in [-0.05, 0) is 11.6 Å². The lowest BCUT2D eigenvalue weighted by Crippen LogP contribution is -2.00. The molecule has 78 valence electrons. The molecule has 0 atom stereocenters. The summed E-state index contributed by atoms with van der Waals surface area (Å²) in [6.45, 7) is -0.378. The first-order valence-corrected chi connectivity index (χ1v) is 5.23. The molecule has 1 aromatic rings. The maximum Gasteiger partial charge on any atom is 0.281 e. The SMILES string of the molecule is OCc1cc(CBr)c(Cl)c(C(F)F)n1. The van der Waals surface area contributed by atoms with Gasteiger partial charge in [-0.1, -0.05) is 27.5 Å². The van der Waals surface area contributed by atoms with E-state index < -0.39 is 12.1 Å². The Morgan fingerprint density at radius 3 is 2.64 bits per heavy atom. The van der Waals surface area contributed by atoms with Crippen LogP contribution in [0, 0.1) is 0 Å². The molecule has 0 aromatic carbocycles. The summed E-state index contributed by atoms with van der Waals surface area (Å²) in [5.41, 5.74) is 0.216. The molecule has 2 nitrogen and oxygen atoms in total. The molecule has 0 bridgehead atoms. The highest BCUT2D eigenvalue weighted by molar-refractivity contribution is 9.08. The molecule has 1 N–H and O–H groups in total. The van der Waals surface area contributed by atoms with Crippen LogP contribution in [-0.4, -0.2) is 10.1 Å². The van der Waals surface area contributed by atoms with E-state index >= 15 is 0 Å². The van der Waals surface area contributed by atoms with Crippen LogP contribution in [0.4, 0.5) is 8.78 Å². The highest BCUT2D eigenvalue weighted by Crippen LogP contribution is 2.29. The first-order chi connectivity index (χ1) is 6.60. The van der Waals surface area contributed by atoms with Crippen LogP contribution in [0.1, 0.15) is 23.4 Å². The van der Waals surface area contributed by atoms with Crippen molar-refractivity contribution in [2.75, 3.05) is 0 Å². The highest BCUT2D eigenvalue weighted by Gasteiger charge is 2.17. The third-order valence-electron chi connectivity index (χ3n) is 1.62. The molecule has 1 aromatic heterocycles. The number of alkyl halides is 3. The summed E-state index contributed by atoms with van der Waals surface area (Å²) in [7, 11) is 0. The van der Waals surface area contributed by atoms with Crippen LogP contribution in [0.2, 0.25) is 5.02 Å². The van der Waals surface area contributed by atoms with E-state index in [2.05, 4.69) is 20.9 Å². The fourth-order valence-corrected chi connectivity index (χ4v) is 1.84. The van der Waals surface area contributed by atoms with Crippen molar-refractivity contribution in [3.8, 4) is 0 Å². The second-order valence-corrected chi connectivity index (χ2v) is 3.50. The first-order valence-electron chi connectivity index (χ1n) is 3.73. The van der Waals surface area contributed by atoms with Gasteiger partial charge in [0.1, 0.15) is 5.69 Å². The van der Waals surface area contributed by atoms with Crippen molar-refractivity contribution in [2.24, 2.45) is 0 Å². The Bertz CT molecular complexity index is 335. The smallest absolute Gasteiger partial charge is 0.281 e. The number of halogens is 4. The maximum atomic E-state index is 12.4. The van der Waals surface area contributed by atoms with Gasteiger partial charge in [0.15, 0.2) is 0 Å². The molecule has 0 fully saturated rings. The summed E-state index contributed by atoms with van der Waals surface area (Å²) in [5.74, 6) is 0. The number of hydrogen-bond donors (Lipinski definition) is 1. The van der Waals surface area contributed by atoms with Crippen LogP contribution in [0.15, 0.2) is 6.07 Å². The monoisotopic (exact) mass is 285 g/mol. The van der Waals surface area contributed by atoms with Gasteiger partial charge >= 0.3 is 0 Å². The number of rotatable bonds is 3. The van der Waals surface area contributed by atoms with Gasteiger partial charge in [-0.2, -0.15) is 0 Å². The van der Waals surface area contributed by atoms with Crippen LogP contribution in [0.5, 0.6) is 0 Å². The van der Waals surface area contributed by atoms with E-state index in [9.17, 15) is 8.78 Å². The van der Waals surface area contributed by atoms with Crippen LogP contribution in [0.25, 0.3) is 0 Å². The number of aliphatic hydroxyl groups excluding tert-OH is 1. The second kappa shape index (κ2) is 5.00. The molecule has 0 aliphatic rings. The minimum absolute atomic E-state index is 0.0472. The number of aromatic nitrogens is 1. The standard InChI is InChI=1S/C8H7BrClF2NO/c9-2-4-1-5(3-14)13-7(6(4)10)8(11)12/h1,8,14H,2-3H2. The number of nitrogens with zero attached hydrogens (tertiary/aromatic N) is 1. The molecule has 0 aliphatic carbocycles. The van der Waals surface area contributed by atoms with Crippen molar-refractivity contribution < 1.29 is 13.9 Å². The average Bonchev–Trinajstić information content (AvgIpc) is 2.17. The molecule has 0 saturated heterocycles. The first kappa shape index (κ1) is 11.8. The second-order valence-electron chi connectivity index (χ2n) is 2.56. The minimum atomic E-state index is -2.73. The van der Waals surface area contributed by atoms with Crippen molar-refractivity contribution >= 4 is 27.5 Å². The Balaban J connectivity index is 3.27. The molecule has 0 unspecified atom stereocenters. The Morgan fingerprint density at radius 1 is 1.57 bits per heavy atom. The van der Waals surface area contributed by atoms with Crippen molar-refractivity contribution in [2.45, 2.75) is 18.4 Å². The molecular weight excluding hydrogens is 279 g/mol. The summed E-state index contributed by atoms with van der Waals surface area (Å²) in [6, 6.07) is 1.49. The van der Waals surface area contributed by atoms with E-state index in [4.69, 9.17) is 16.7 Å². The fraction of sp³-hybridized carbons (Fsp3) is 0.375. The predicted molar refractivity (Wildman–Crippen MR) is 52.8 cm³/mol. The summed E-state index contributed by atoms with van der Waals surface area (Å²) in [6.07, 6.45) is -2.73. The summed E-state index contributed by atoms with van der Waals surface area (Å²) in [5, 5.41) is 9.09. The molecule has 1 heterocycles. The van der Waals surface area contributed by atoms with Gasteiger partial charge in [0.05, 0.1) is 17.3 Å². The lowest BCUT2D eigenvalue weighted by molar-refractivity contribution is 0.145. The molecule has 0 amide bonds. The molecule has 6 heteroatoms. The maximum absolute atomic E-state index is 12.4. The van der Waals surface area contributed by atoms with Gasteiger partial charge < -0.3 is 5.11 Å². The third-order valence-corrected chi connectivity index (χ3v) is 2.66. The van der Waals surface area contributed by atoms with Crippen molar-refractivity contribution in [3.05, 3.63) is 28.0 Å². The summed E-state index contributed by atoms with van der Waals surface area (Å²) in [4.78, 5) is 3.55. The number of pyridine rings is 1. The fourth-order valence-electron chi connectivity index (χ4n) is 0.988. The van der Waals surface area contributed by atoms with Gasteiger partial charge in [0, 0.05) is 5.33 Å². The van der Waals surface area contributed by atoms with Crippen LogP contribution in [0.3, 0.4) is 0 Å². The van der Waals surface area contributed by atoms with Gasteiger partial charge in [0.25, 0.3) is 6.43 Å². The van der Waals surface area contributed by atoms with Crippen LogP contribution in [-0.2, 0) is 11.9 Å². The third kappa shape index (κ3) is 2.40. The zero-order valence-electron chi connectivity index (χ0n) is 6.98. The van der Waals surface area contributed by atoms with E-state index in [0.29, 0.717) is 10.9 Å². The van der Waals surface area contributed by atoms with E-state index in [1.165, 1.54) is 6.07 Å². The molecule has 0 aliphatic heterocycles. The lowest BCUT2D eigenvalue weighted by atomic mass is 10.2. The van der Waals surface area contributed by atoms with Gasteiger partial charge in [-0.25, -0.2) is 13.8 Å². The van der Waals surface area contributed by atoms with Gasteiger partial charge in [0.2, 0.25) is 0 Å². The average molecular weight is 287 g/mol. The van der Waals surface area contributed by atoms with E-state index in [1.807, 2.05) is 0 Å². The molecule has 1 rings (SSSR count). The lowest BCUT2D eigenvalue weighted by Gasteiger charge is -2.08. The Labute approximate surface area is 93.0 Å². The Hall–Kier alpha value is -0.260. The normalized spacial score (nSPS) is 11.0. The van der Waals surface area contributed by atoms with Crippen LogP contribution < -0.4 is 0 Å². The summed E-state index contributed by atoms with van der Waals surface area (Å²) < 4.78 is 24.8. The largest absolute Gasteiger partial charge is 0.390 e. The van der Waals surface area contributed by atoms with Crippen LogP contribution >= 0.6 is 27.5 Å². The zero-order valence-corrected chi connectivity index (χ0v) is 9.32. The van der Waals surface area contributed by atoms with E-state index in [-0.39, 0.29) is 17.3 Å². The van der Waals surface area contributed by atoms with Gasteiger partial charge in [-0.3, -0.25) is 0 Å². The van der Waals surface area contributed by atoms with Crippen molar-refractivity contribution in [3.63, 3.8) is 0 Å². The number of aliphatic hydroxyl groups is 1. The van der Waals surface area contributed by atoms with Crippen molar-refractivity contribution in [1.82, 2.24) is 4.98 Å². The molecule has 0 spiro atoms. The van der Waals surface area contributed by atoms with E-state index in [0.717, 1.165) is 0 Å². The topological polar surface area (TPSA) is 33.1 Å². The van der Waals surface area contributed by atoms with Crippen molar-refractivity contribution in [1.29, 1.82) is 0 Å². The number of hydrogen-bond acceptors (Lipinski definition) is 2.